The monoisotopic (exact) mass is 302 g/mol. The van der Waals surface area contributed by atoms with Crippen LogP contribution in [0.15, 0.2) is 12.2 Å². The molecule has 0 bridgehead atoms. The van der Waals surface area contributed by atoms with Gasteiger partial charge in [-0.3, -0.25) is 9.59 Å². The van der Waals surface area contributed by atoms with E-state index in [9.17, 15) is 9.59 Å². The number of nitrogens with zero attached hydrogens (tertiary/aromatic N) is 2. The molecule has 3 fully saturated rings. The summed E-state index contributed by atoms with van der Waals surface area (Å²) in [5, 5.41) is 0. The highest BCUT2D eigenvalue weighted by molar-refractivity contribution is 5.83. The maximum absolute atomic E-state index is 12.9. The molecule has 3 atom stereocenters. The number of piperidine rings is 1. The minimum Gasteiger partial charge on any atom is -0.342 e. The zero-order valence-corrected chi connectivity index (χ0v) is 13.2. The zero-order chi connectivity index (χ0) is 15.1. The van der Waals surface area contributed by atoms with Crippen molar-refractivity contribution >= 4 is 11.8 Å². The van der Waals surface area contributed by atoms with Crippen molar-refractivity contribution < 1.29 is 9.59 Å². The van der Waals surface area contributed by atoms with Crippen LogP contribution in [0.4, 0.5) is 0 Å². The van der Waals surface area contributed by atoms with E-state index >= 15 is 0 Å². The third-order valence-corrected chi connectivity index (χ3v) is 5.94. The minimum absolute atomic E-state index is 0.0459. The number of allylic oxidation sites excluding steroid dienone is 2. The first kappa shape index (κ1) is 14.3. The van der Waals surface area contributed by atoms with Crippen LogP contribution in [0, 0.1) is 23.7 Å². The molecule has 22 heavy (non-hydrogen) atoms. The van der Waals surface area contributed by atoms with Gasteiger partial charge in [0.05, 0.1) is 5.92 Å². The summed E-state index contributed by atoms with van der Waals surface area (Å²) in [5.41, 5.74) is 0. The van der Waals surface area contributed by atoms with Gasteiger partial charge >= 0.3 is 0 Å². The van der Waals surface area contributed by atoms with Crippen molar-refractivity contribution in [3.8, 4) is 0 Å². The normalized spacial score (nSPS) is 34.6. The molecule has 2 aliphatic carbocycles. The third kappa shape index (κ3) is 2.68. The largest absolute Gasteiger partial charge is 0.342 e. The van der Waals surface area contributed by atoms with Gasteiger partial charge in [0.1, 0.15) is 0 Å². The molecule has 2 amide bonds. The molecule has 0 aromatic carbocycles. The standard InChI is InChI=1S/C18H26N2O2/c21-17(13-7-8-13)19-9-3-6-16(12-19)18(22)20-10-14-4-1-2-5-15(14)11-20/h1-2,13-16H,3-12H2/t14-,15+,16-/m0/s1. The fourth-order valence-electron chi connectivity index (χ4n) is 4.42. The Morgan fingerprint density at radius 2 is 1.41 bits per heavy atom. The van der Waals surface area contributed by atoms with Gasteiger partial charge in [0.15, 0.2) is 0 Å². The van der Waals surface area contributed by atoms with Crippen molar-refractivity contribution in [2.24, 2.45) is 23.7 Å². The molecule has 4 heteroatoms. The fraction of sp³-hybridized carbons (Fsp3) is 0.778. The van der Waals surface area contributed by atoms with Gasteiger partial charge in [-0.05, 0) is 50.4 Å². The van der Waals surface area contributed by atoms with Gasteiger partial charge in [-0.15, -0.1) is 0 Å². The highest BCUT2D eigenvalue weighted by atomic mass is 16.2. The number of fused-ring (bicyclic) bond motifs is 1. The minimum atomic E-state index is 0.0459. The summed E-state index contributed by atoms with van der Waals surface area (Å²) in [5.74, 6) is 2.27. The number of likely N-dealkylation sites (tertiary alicyclic amines) is 2. The number of amides is 2. The summed E-state index contributed by atoms with van der Waals surface area (Å²) < 4.78 is 0. The molecule has 0 N–H and O–H groups in total. The SMILES string of the molecule is O=C(C1CC1)N1CCC[C@H](C(=O)N2C[C@H]3CC=CC[C@H]3C2)C1. The smallest absolute Gasteiger partial charge is 0.227 e. The average Bonchev–Trinajstić information content (AvgIpc) is 3.32. The van der Waals surface area contributed by atoms with Crippen LogP contribution in [0.5, 0.6) is 0 Å². The van der Waals surface area contributed by atoms with E-state index in [-0.39, 0.29) is 11.8 Å². The first-order chi connectivity index (χ1) is 10.7. The van der Waals surface area contributed by atoms with Gasteiger partial charge in [-0.1, -0.05) is 12.2 Å². The molecule has 2 saturated heterocycles. The van der Waals surface area contributed by atoms with Crippen molar-refractivity contribution in [2.45, 2.75) is 38.5 Å². The van der Waals surface area contributed by atoms with Crippen LogP contribution in [0.25, 0.3) is 0 Å². The number of carbonyl (C=O) groups excluding carboxylic acids is 2. The predicted octanol–water partition coefficient (Wildman–Crippen LogP) is 2.06. The van der Waals surface area contributed by atoms with Crippen molar-refractivity contribution in [1.82, 2.24) is 9.80 Å². The number of rotatable bonds is 2. The summed E-state index contributed by atoms with van der Waals surface area (Å²) in [4.78, 5) is 29.2. The van der Waals surface area contributed by atoms with E-state index < -0.39 is 0 Å². The molecule has 4 nitrogen and oxygen atoms in total. The van der Waals surface area contributed by atoms with Crippen LogP contribution in [0.1, 0.15) is 38.5 Å². The maximum Gasteiger partial charge on any atom is 0.227 e. The summed E-state index contributed by atoms with van der Waals surface area (Å²) in [7, 11) is 0. The summed E-state index contributed by atoms with van der Waals surface area (Å²) in [6, 6.07) is 0. The molecule has 0 aromatic heterocycles. The Morgan fingerprint density at radius 3 is 2.05 bits per heavy atom. The van der Waals surface area contributed by atoms with Gasteiger partial charge in [0.25, 0.3) is 0 Å². The average molecular weight is 302 g/mol. The van der Waals surface area contributed by atoms with Crippen molar-refractivity contribution in [3.63, 3.8) is 0 Å². The molecule has 0 radical (unpaired) electrons. The molecule has 0 spiro atoms. The first-order valence-electron chi connectivity index (χ1n) is 8.95. The van der Waals surface area contributed by atoms with Gasteiger partial charge in [-0.2, -0.15) is 0 Å². The van der Waals surface area contributed by atoms with E-state index in [1.807, 2.05) is 4.90 Å². The number of hydrogen-bond acceptors (Lipinski definition) is 2. The second-order valence-electron chi connectivity index (χ2n) is 7.60. The molecule has 2 heterocycles. The molecule has 2 aliphatic heterocycles. The lowest BCUT2D eigenvalue weighted by Crippen LogP contribution is -2.46. The molecule has 0 aromatic rings. The van der Waals surface area contributed by atoms with E-state index in [1.165, 1.54) is 0 Å². The molecule has 4 aliphatic rings. The predicted molar refractivity (Wildman–Crippen MR) is 84.0 cm³/mol. The first-order valence-corrected chi connectivity index (χ1v) is 8.95. The summed E-state index contributed by atoms with van der Waals surface area (Å²) >= 11 is 0. The Balaban J connectivity index is 1.37. The topological polar surface area (TPSA) is 40.6 Å². The van der Waals surface area contributed by atoms with E-state index in [1.54, 1.807) is 0 Å². The van der Waals surface area contributed by atoms with Crippen molar-refractivity contribution in [2.75, 3.05) is 26.2 Å². The van der Waals surface area contributed by atoms with Crippen LogP contribution in [0.2, 0.25) is 0 Å². The number of carbonyl (C=O) groups is 2. The van der Waals surface area contributed by atoms with Crippen molar-refractivity contribution in [3.05, 3.63) is 12.2 Å². The van der Waals surface area contributed by atoms with Gasteiger partial charge in [0, 0.05) is 32.1 Å². The van der Waals surface area contributed by atoms with Crippen molar-refractivity contribution in [1.29, 1.82) is 0 Å². The maximum atomic E-state index is 12.9. The lowest BCUT2D eigenvalue weighted by Gasteiger charge is -2.34. The van der Waals surface area contributed by atoms with Crippen LogP contribution >= 0.6 is 0 Å². The molecule has 120 valence electrons. The molecule has 0 unspecified atom stereocenters. The Bertz CT molecular complexity index is 481. The molecular weight excluding hydrogens is 276 g/mol. The van der Waals surface area contributed by atoms with E-state index in [2.05, 4.69) is 17.1 Å². The molecule has 1 saturated carbocycles. The molecular formula is C18H26N2O2. The van der Waals surface area contributed by atoms with Crippen LogP contribution in [-0.2, 0) is 9.59 Å². The lowest BCUT2D eigenvalue weighted by molar-refractivity contribution is -0.141. The Kier molecular flexibility index (Phi) is 3.71. The highest BCUT2D eigenvalue weighted by Crippen LogP contribution is 2.35. The Hall–Kier alpha value is -1.32. The van der Waals surface area contributed by atoms with Crippen LogP contribution < -0.4 is 0 Å². The van der Waals surface area contributed by atoms with E-state index in [0.29, 0.717) is 30.2 Å². The summed E-state index contributed by atoms with van der Waals surface area (Å²) in [6.45, 7) is 3.38. The molecule has 4 rings (SSSR count). The Morgan fingerprint density at radius 1 is 0.773 bits per heavy atom. The van der Waals surface area contributed by atoms with E-state index in [0.717, 1.165) is 58.2 Å². The number of hydrogen-bond donors (Lipinski definition) is 0. The highest BCUT2D eigenvalue weighted by Gasteiger charge is 2.40. The second-order valence-corrected chi connectivity index (χ2v) is 7.60. The lowest BCUT2D eigenvalue weighted by atomic mass is 9.86. The van der Waals surface area contributed by atoms with E-state index in [4.69, 9.17) is 0 Å². The van der Waals surface area contributed by atoms with Crippen LogP contribution in [-0.4, -0.2) is 47.8 Å². The summed E-state index contributed by atoms with van der Waals surface area (Å²) in [6.07, 6.45) is 10.8. The van der Waals surface area contributed by atoms with Crippen LogP contribution in [0.3, 0.4) is 0 Å². The third-order valence-electron chi connectivity index (χ3n) is 5.94. The van der Waals surface area contributed by atoms with Gasteiger partial charge in [-0.25, -0.2) is 0 Å². The second kappa shape index (κ2) is 5.71. The quantitative estimate of drug-likeness (QED) is 0.733. The Labute approximate surface area is 132 Å². The van der Waals surface area contributed by atoms with Gasteiger partial charge < -0.3 is 9.80 Å². The zero-order valence-electron chi connectivity index (χ0n) is 13.2. The fourth-order valence-corrected chi connectivity index (χ4v) is 4.42. The van der Waals surface area contributed by atoms with Gasteiger partial charge in [0.2, 0.25) is 11.8 Å².